The first-order valence-corrected chi connectivity index (χ1v) is 9.01. The molecule has 6 nitrogen and oxygen atoms in total. The fourth-order valence-corrected chi connectivity index (χ4v) is 4.15. The zero-order chi connectivity index (χ0) is 16.7. The summed E-state index contributed by atoms with van der Waals surface area (Å²) in [5.74, 6) is 0.0978. The van der Waals surface area contributed by atoms with Crippen LogP contribution < -0.4 is 0 Å². The number of fused-ring (bicyclic) bond motifs is 1. The van der Waals surface area contributed by atoms with E-state index in [1.165, 1.54) is 6.42 Å². The predicted octanol–water partition coefficient (Wildman–Crippen LogP) is 2.41. The molecule has 1 aliphatic carbocycles. The fraction of sp³-hybridized carbons (Fsp3) is 0.611. The zero-order valence-corrected chi connectivity index (χ0v) is 14.5. The molecular formula is C18H25N5O. The van der Waals surface area contributed by atoms with Crippen LogP contribution in [0.5, 0.6) is 0 Å². The molecular weight excluding hydrogens is 302 g/mol. The van der Waals surface area contributed by atoms with Gasteiger partial charge in [-0.1, -0.05) is 0 Å². The SMILES string of the molecule is Cc1cc(C)n(CC2CCCCN2C(=O)c2n[nH]c3c2CCC3)n1. The standard InChI is InChI=1S/C18H25N5O/c1-12-10-13(2)23(21-12)11-14-6-3-4-9-22(14)18(24)17-15-7-5-8-16(15)19-20-17/h10,14H,3-9,11H2,1-2H3,(H,19,20). The largest absolute Gasteiger partial charge is 0.332 e. The van der Waals surface area contributed by atoms with E-state index in [1.807, 2.05) is 16.5 Å². The lowest BCUT2D eigenvalue weighted by atomic mass is 10.0. The zero-order valence-electron chi connectivity index (χ0n) is 14.5. The normalized spacial score (nSPS) is 20.4. The lowest BCUT2D eigenvalue weighted by Crippen LogP contribution is -2.46. The van der Waals surface area contributed by atoms with E-state index in [0.717, 1.165) is 67.8 Å². The second-order valence-electron chi connectivity index (χ2n) is 7.14. The number of H-pyrrole nitrogens is 1. The second-order valence-corrected chi connectivity index (χ2v) is 7.14. The number of aryl methyl sites for hydroxylation is 3. The monoisotopic (exact) mass is 327 g/mol. The van der Waals surface area contributed by atoms with Crippen LogP contribution in [0.2, 0.25) is 0 Å². The third-order valence-electron chi connectivity index (χ3n) is 5.38. The molecule has 4 rings (SSSR count). The Hall–Kier alpha value is -2.11. The molecule has 1 saturated heterocycles. The molecule has 128 valence electrons. The number of nitrogens with one attached hydrogen (secondary N) is 1. The van der Waals surface area contributed by atoms with E-state index in [2.05, 4.69) is 28.3 Å². The molecule has 0 aromatic carbocycles. The molecule has 1 N–H and O–H groups in total. The van der Waals surface area contributed by atoms with Crippen LogP contribution in [0.1, 0.15) is 58.8 Å². The van der Waals surface area contributed by atoms with Crippen LogP contribution in [-0.2, 0) is 19.4 Å². The number of piperidine rings is 1. The highest BCUT2D eigenvalue weighted by Crippen LogP contribution is 2.27. The van der Waals surface area contributed by atoms with Gasteiger partial charge in [-0.3, -0.25) is 14.6 Å². The smallest absolute Gasteiger partial charge is 0.274 e. The molecule has 1 amide bonds. The van der Waals surface area contributed by atoms with E-state index in [0.29, 0.717) is 5.69 Å². The maximum atomic E-state index is 13.1. The van der Waals surface area contributed by atoms with Crippen molar-refractivity contribution in [1.29, 1.82) is 0 Å². The lowest BCUT2D eigenvalue weighted by Gasteiger charge is -2.35. The Morgan fingerprint density at radius 3 is 2.96 bits per heavy atom. The molecule has 0 saturated carbocycles. The number of aromatic nitrogens is 4. The molecule has 1 unspecified atom stereocenters. The molecule has 2 aliphatic rings. The summed E-state index contributed by atoms with van der Waals surface area (Å²) in [6, 6.07) is 2.30. The van der Waals surface area contributed by atoms with Crippen LogP contribution >= 0.6 is 0 Å². The number of rotatable bonds is 3. The van der Waals surface area contributed by atoms with Gasteiger partial charge in [0, 0.05) is 23.5 Å². The van der Waals surface area contributed by atoms with Gasteiger partial charge in [-0.2, -0.15) is 10.2 Å². The third-order valence-corrected chi connectivity index (χ3v) is 5.38. The van der Waals surface area contributed by atoms with E-state index in [4.69, 9.17) is 0 Å². The van der Waals surface area contributed by atoms with E-state index in [-0.39, 0.29) is 11.9 Å². The highest BCUT2D eigenvalue weighted by molar-refractivity contribution is 5.94. The van der Waals surface area contributed by atoms with Crippen molar-refractivity contribution in [3.8, 4) is 0 Å². The quantitative estimate of drug-likeness (QED) is 0.941. The summed E-state index contributed by atoms with van der Waals surface area (Å²) in [6.07, 6.45) is 6.40. The summed E-state index contributed by atoms with van der Waals surface area (Å²) in [7, 11) is 0. The summed E-state index contributed by atoms with van der Waals surface area (Å²) >= 11 is 0. The lowest BCUT2D eigenvalue weighted by molar-refractivity contribution is 0.0575. The summed E-state index contributed by atoms with van der Waals surface area (Å²) in [4.78, 5) is 15.2. The Balaban J connectivity index is 1.57. The minimum atomic E-state index is 0.0978. The maximum absolute atomic E-state index is 13.1. The Bertz CT molecular complexity index is 760. The third kappa shape index (κ3) is 2.64. The van der Waals surface area contributed by atoms with Gasteiger partial charge in [-0.15, -0.1) is 0 Å². The van der Waals surface area contributed by atoms with Crippen molar-refractivity contribution in [3.05, 3.63) is 34.4 Å². The summed E-state index contributed by atoms with van der Waals surface area (Å²) in [5, 5.41) is 12.0. The van der Waals surface area contributed by atoms with E-state index >= 15 is 0 Å². The van der Waals surface area contributed by atoms with Gasteiger partial charge < -0.3 is 4.90 Å². The van der Waals surface area contributed by atoms with Crippen LogP contribution in [-0.4, -0.2) is 43.4 Å². The van der Waals surface area contributed by atoms with Gasteiger partial charge in [0.05, 0.1) is 18.3 Å². The molecule has 0 bridgehead atoms. The van der Waals surface area contributed by atoms with Gasteiger partial charge in [-0.05, 0) is 58.4 Å². The Kier molecular flexibility index (Phi) is 3.90. The highest BCUT2D eigenvalue weighted by Gasteiger charge is 2.32. The van der Waals surface area contributed by atoms with Crippen LogP contribution in [0.4, 0.5) is 0 Å². The molecule has 0 radical (unpaired) electrons. The molecule has 3 heterocycles. The molecule has 1 aliphatic heterocycles. The molecule has 24 heavy (non-hydrogen) atoms. The van der Waals surface area contributed by atoms with E-state index in [1.54, 1.807) is 0 Å². The van der Waals surface area contributed by atoms with Crippen molar-refractivity contribution in [2.24, 2.45) is 0 Å². The first-order chi connectivity index (χ1) is 11.6. The summed E-state index contributed by atoms with van der Waals surface area (Å²) in [5.41, 5.74) is 5.15. The number of likely N-dealkylation sites (tertiary alicyclic amines) is 1. The molecule has 1 fully saturated rings. The summed E-state index contributed by atoms with van der Waals surface area (Å²) in [6.45, 7) is 5.69. The van der Waals surface area contributed by atoms with Gasteiger partial charge in [0.15, 0.2) is 5.69 Å². The van der Waals surface area contributed by atoms with Crippen molar-refractivity contribution < 1.29 is 4.79 Å². The van der Waals surface area contributed by atoms with Gasteiger partial charge in [0.2, 0.25) is 0 Å². The Labute approximate surface area is 142 Å². The first kappa shape index (κ1) is 15.4. The number of aromatic amines is 1. The van der Waals surface area contributed by atoms with Crippen molar-refractivity contribution >= 4 is 5.91 Å². The van der Waals surface area contributed by atoms with Gasteiger partial charge in [0.25, 0.3) is 5.91 Å². The molecule has 2 aromatic heterocycles. The molecule has 1 atom stereocenters. The van der Waals surface area contributed by atoms with Crippen LogP contribution in [0.3, 0.4) is 0 Å². The average molecular weight is 327 g/mol. The van der Waals surface area contributed by atoms with Crippen LogP contribution in [0.25, 0.3) is 0 Å². The number of carbonyl (C=O) groups excluding carboxylic acids is 1. The number of hydrogen-bond donors (Lipinski definition) is 1. The van der Waals surface area contributed by atoms with Crippen molar-refractivity contribution in [1.82, 2.24) is 24.9 Å². The number of nitrogens with zero attached hydrogens (tertiary/aromatic N) is 4. The topological polar surface area (TPSA) is 66.8 Å². The van der Waals surface area contributed by atoms with E-state index < -0.39 is 0 Å². The second kappa shape index (κ2) is 6.07. The van der Waals surface area contributed by atoms with Crippen LogP contribution in [0, 0.1) is 13.8 Å². The van der Waals surface area contributed by atoms with Crippen molar-refractivity contribution in [2.45, 2.75) is 65.0 Å². The predicted molar refractivity (Wildman–Crippen MR) is 91.0 cm³/mol. The molecule has 6 heteroatoms. The first-order valence-electron chi connectivity index (χ1n) is 9.01. The minimum absolute atomic E-state index is 0.0978. The van der Waals surface area contributed by atoms with Crippen molar-refractivity contribution in [3.63, 3.8) is 0 Å². The van der Waals surface area contributed by atoms with Crippen molar-refractivity contribution in [2.75, 3.05) is 6.54 Å². The Morgan fingerprint density at radius 1 is 1.29 bits per heavy atom. The number of hydrogen-bond acceptors (Lipinski definition) is 3. The number of carbonyl (C=O) groups is 1. The van der Waals surface area contributed by atoms with Crippen LogP contribution in [0.15, 0.2) is 6.07 Å². The maximum Gasteiger partial charge on any atom is 0.274 e. The average Bonchev–Trinajstić information content (AvgIpc) is 3.24. The molecule has 2 aromatic rings. The Morgan fingerprint density at radius 2 is 2.17 bits per heavy atom. The van der Waals surface area contributed by atoms with E-state index in [9.17, 15) is 4.79 Å². The van der Waals surface area contributed by atoms with Gasteiger partial charge in [-0.25, -0.2) is 0 Å². The fourth-order valence-electron chi connectivity index (χ4n) is 4.15. The van der Waals surface area contributed by atoms with Gasteiger partial charge >= 0.3 is 0 Å². The number of amides is 1. The minimum Gasteiger partial charge on any atom is -0.332 e. The summed E-state index contributed by atoms with van der Waals surface area (Å²) < 4.78 is 2.04. The highest BCUT2D eigenvalue weighted by atomic mass is 16.2. The van der Waals surface area contributed by atoms with Gasteiger partial charge in [0.1, 0.15) is 0 Å². The molecule has 0 spiro atoms.